The number of carbonyl (C=O) groups excluding carboxylic acids is 2. The van der Waals surface area contributed by atoms with Gasteiger partial charge in [-0.25, -0.2) is 0 Å². The molecule has 0 spiro atoms. The monoisotopic (exact) mass is 405 g/mol. The first-order valence-corrected chi connectivity index (χ1v) is 9.49. The maximum atomic E-state index is 12.8. The van der Waals surface area contributed by atoms with E-state index in [1.807, 2.05) is 26.0 Å². The zero-order valence-electron chi connectivity index (χ0n) is 16.2. The Morgan fingerprint density at radius 1 is 1.21 bits per heavy atom. The van der Waals surface area contributed by atoms with Crippen LogP contribution in [0.3, 0.4) is 0 Å². The number of nitrogens with one attached hydrogen (secondary N) is 3. The van der Waals surface area contributed by atoms with Crippen molar-refractivity contribution in [2.45, 2.75) is 51.9 Å². The maximum Gasteiger partial charge on any atom is 0.243 e. The van der Waals surface area contributed by atoms with Crippen molar-refractivity contribution in [2.75, 3.05) is 0 Å². The van der Waals surface area contributed by atoms with Crippen LogP contribution in [-0.2, 0) is 29.1 Å². The molecule has 7 heteroatoms. The number of amides is 2. The molecule has 1 aromatic heterocycles. The van der Waals surface area contributed by atoms with Crippen LogP contribution in [0.25, 0.3) is 0 Å². The fourth-order valence-electron chi connectivity index (χ4n) is 3.29. The van der Waals surface area contributed by atoms with Gasteiger partial charge < -0.3 is 20.4 Å². The van der Waals surface area contributed by atoms with Crippen LogP contribution in [0.4, 0.5) is 0 Å². The predicted molar refractivity (Wildman–Crippen MR) is 110 cm³/mol. The van der Waals surface area contributed by atoms with Crippen molar-refractivity contribution >= 4 is 24.2 Å². The Bertz CT molecular complexity index is 779. The average Bonchev–Trinajstić information content (AvgIpc) is 3.22. The Labute approximate surface area is 171 Å². The zero-order chi connectivity index (χ0) is 19.2. The minimum absolute atomic E-state index is 0. The second kappa shape index (κ2) is 10.3. The quantitative estimate of drug-likeness (QED) is 0.661. The molecule has 152 valence electrons. The van der Waals surface area contributed by atoms with Crippen molar-refractivity contribution in [3.05, 3.63) is 59.5 Å². The first kappa shape index (κ1) is 22.0. The number of furan rings is 1. The summed E-state index contributed by atoms with van der Waals surface area (Å²) >= 11 is 0. The number of hydrogen-bond acceptors (Lipinski definition) is 4. The molecule has 6 nitrogen and oxygen atoms in total. The second-order valence-corrected chi connectivity index (χ2v) is 7.08. The molecule has 0 saturated heterocycles. The first-order chi connectivity index (χ1) is 13.1. The topological polar surface area (TPSA) is 83.4 Å². The van der Waals surface area contributed by atoms with Crippen LogP contribution in [0.1, 0.15) is 37.2 Å². The highest BCUT2D eigenvalue weighted by atomic mass is 35.5. The van der Waals surface area contributed by atoms with Gasteiger partial charge in [0.25, 0.3) is 0 Å². The number of hydrogen-bond donors (Lipinski definition) is 3. The van der Waals surface area contributed by atoms with E-state index < -0.39 is 6.04 Å². The van der Waals surface area contributed by atoms with Crippen LogP contribution in [0, 0.1) is 5.92 Å². The summed E-state index contributed by atoms with van der Waals surface area (Å²) in [6.45, 7) is 4.95. The molecule has 0 fully saturated rings. The van der Waals surface area contributed by atoms with Crippen molar-refractivity contribution in [1.82, 2.24) is 16.0 Å². The smallest absolute Gasteiger partial charge is 0.243 e. The van der Waals surface area contributed by atoms with Gasteiger partial charge in [-0.05, 0) is 35.6 Å². The van der Waals surface area contributed by atoms with Gasteiger partial charge in [0, 0.05) is 6.54 Å². The van der Waals surface area contributed by atoms with E-state index in [9.17, 15) is 9.59 Å². The van der Waals surface area contributed by atoms with Gasteiger partial charge in [-0.2, -0.15) is 0 Å². The molecule has 2 heterocycles. The van der Waals surface area contributed by atoms with Crippen molar-refractivity contribution < 1.29 is 14.0 Å². The summed E-state index contributed by atoms with van der Waals surface area (Å²) in [5.41, 5.74) is 2.40. The molecule has 2 aromatic rings. The zero-order valence-corrected chi connectivity index (χ0v) is 17.1. The molecule has 3 rings (SSSR count). The number of halogens is 1. The molecule has 3 N–H and O–H groups in total. The molecule has 28 heavy (non-hydrogen) atoms. The van der Waals surface area contributed by atoms with Gasteiger partial charge >= 0.3 is 0 Å². The highest BCUT2D eigenvalue weighted by Crippen LogP contribution is 2.17. The standard InChI is InChI=1S/C21H27N3O3.ClH/c1-3-14(2)19(21(26)23-13-17-9-6-10-27-17)24-20(25)18-11-15-7-4-5-8-16(15)12-22-18;/h4-10,14,18-19,22H,3,11-13H2,1-2H3,(H,23,26)(H,24,25);1H. The van der Waals surface area contributed by atoms with E-state index >= 15 is 0 Å². The van der Waals surface area contributed by atoms with Crippen LogP contribution in [-0.4, -0.2) is 23.9 Å². The minimum Gasteiger partial charge on any atom is -0.467 e. The lowest BCUT2D eigenvalue weighted by Crippen LogP contribution is -2.56. The fourth-order valence-corrected chi connectivity index (χ4v) is 3.29. The summed E-state index contributed by atoms with van der Waals surface area (Å²) in [5, 5.41) is 9.08. The van der Waals surface area contributed by atoms with Gasteiger partial charge in [-0.3, -0.25) is 9.59 Å². The molecular formula is C21H28ClN3O3. The van der Waals surface area contributed by atoms with E-state index in [2.05, 4.69) is 28.1 Å². The van der Waals surface area contributed by atoms with Crippen molar-refractivity contribution in [2.24, 2.45) is 5.92 Å². The lowest BCUT2D eigenvalue weighted by atomic mass is 9.94. The molecule has 0 saturated carbocycles. The van der Waals surface area contributed by atoms with Crippen molar-refractivity contribution in [1.29, 1.82) is 0 Å². The minimum atomic E-state index is -0.573. The lowest BCUT2D eigenvalue weighted by molar-refractivity contribution is -0.131. The second-order valence-electron chi connectivity index (χ2n) is 7.08. The van der Waals surface area contributed by atoms with Crippen LogP contribution in [0.2, 0.25) is 0 Å². The summed E-state index contributed by atoms with van der Waals surface area (Å²) < 4.78 is 5.25. The van der Waals surface area contributed by atoms with Gasteiger partial charge in [0.05, 0.1) is 18.8 Å². The molecule has 0 radical (unpaired) electrons. The average molecular weight is 406 g/mol. The molecule has 0 bridgehead atoms. The van der Waals surface area contributed by atoms with Gasteiger partial charge in [-0.15, -0.1) is 12.4 Å². The van der Waals surface area contributed by atoms with Crippen LogP contribution in [0.15, 0.2) is 47.1 Å². The van der Waals surface area contributed by atoms with Gasteiger partial charge in [0.15, 0.2) is 0 Å². The van der Waals surface area contributed by atoms with E-state index in [1.54, 1.807) is 18.4 Å². The first-order valence-electron chi connectivity index (χ1n) is 9.49. The highest BCUT2D eigenvalue weighted by Gasteiger charge is 2.30. The maximum absolute atomic E-state index is 12.8. The van der Waals surface area contributed by atoms with Gasteiger partial charge in [0.2, 0.25) is 11.8 Å². The van der Waals surface area contributed by atoms with E-state index in [-0.39, 0.29) is 36.2 Å². The van der Waals surface area contributed by atoms with Crippen molar-refractivity contribution in [3.63, 3.8) is 0 Å². The Balaban J connectivity index is 0.00000280. The largest absolute Gasteiger partial charge is 0.467 e. The molecule has 3 unspecified atom stereocenters. The van der Waals surface area contributed by atoms with Gasteiger partial charge in [-0.1, -0.05) is 44.5 Å². The summed E-state index contributed by atoms with van der Waals surface area (Å²) in [6.07, 6.45) is 2.99. The highest BCUT2D eigenvalue weighted by molar-refractivity contribution is 5.90. The summed E-state index contributed by atoms with van der Waals surface area (Å²) in [7, 11) is 0. The molecule has 1 aromatic carbocycles. The fraction of sp³-hybridized carbons (Fsp3) is 0.429. The van der Waals surface area contributed by atoms with Crippen LogP contribution < -0.4 is 16.0 Å². The number of fused-ring (bicyclic) bond motifs is 1. The molecule has 2 amide bonds. The van der Waals surface area contributed by atoms with Crippen LogP contribution in [0.5, 0.6) is 0 Å². The number of carbonyl (C=O) groups is 2. The summed E-state index contributed by atoms with van der Waals surface area (Å²) in [6, 6.07) is 10.8. The third-order valence-corrected chi connectivity index (χ3v) is 5.21. The normalized spacial score (nSPS) is 17.6. The van der Waals surface area contributed by atoms with Gasteiger partial charge in [0.1, 0.15) is 11.8 Å². The molecular weight excluding hydrogens is 378 g/mol. The molecule has 3 atom stereocenters. The van der Waals surface area contributed by atoms with E-state index in [1.165, 1.54) is 11.1 Å². The van der Waals surface area contributed by atoms with Crippen molar-refractivity contribution in [3.8, 4) is 0 Å². The molecule has 1 aliphatic heterocycles. The molecule has 1 aliphatic rings. The summed E-state index contributed by atoms with van der Waals surface area (Å²) in [5.74, 6) is 0.387. The number of rotatable bonds is 7. The Hall–Kier alpha value is -2.31. The Morgan fingerprint density at radius 3 is 2.64 bits per heavy atom. The van der Waals surface area contributed by atoms with E-state index in [0.717, 1.165) is 6.42 Å². The SMILES string of the molecule is CCC(C)C(NC(=O)C1Cc2ccccc2CN1)C(=O)NCc1ccco1.Cl. The molecule has 0 aliphatic carbocycles. The third kappa shape index (κ3) is 5.36. The van der Waals surface area contributed by atoms with E-state index in [0.29, 0.717) is 25.3 Å². The summed E-state index contributed by atoms with van der Waals surface area (Å²) in [4.78, 5) is 25.5. The lowest BCUT2D eigenvalue weighted by Gasteiger charge is -2.29. The van der Waals surface area contributed by atoms with E-state index in [4.69, 9.17) is 4.42 Å². The number of benzene rings is 1. The Morgan fingerprint density at radius 2 is 1.96 bits per heavy atom. The Kier molecular flexibility index (Phi) is 8.08. The third-order valence-electron chi connectivity index (χ3n) is 5.21. The predicted octanol–water partition coefficient (Wildman–Crippen LogP) is 2.56. The van der Waals surface area contributed by atoms with Crippen LogP contribution >= 0.6 is 12.4 Å².